The Morgan fingerprint density at radius 2 is 2.19 bits per heavy atom. The molecule has 0 aliphatic rings. The highest BCUT2D eigenvalue weighted by atomic mass is 35.5. The van der Waals surface area contributed by atoms with Crippen molar-refractivity contribution in [2.45, 2.75) is 11.4 Å². The summed E-state index contributed by atoms with van der Waals surface area (Å²) < 4.78 is 25.9. The number of hydrogen-bond donors (Lipinski definition) is 1. The number of aromatic nitrogens is 2. The molecular formula is C11H11ClN4O4S. The zero-order valence-electron chi connectivity index (χ0n) is 10.9. The smallest absolute Gasteiger partial charge is 0.270 e. The summed E-state index contributed by atoms with van der Waals surface area (Å²) in [7, 11) is -2.59. The number of nitrogens with one attached hydrogen (secondary N) is 1. The van der Waals surface area contributed by atoms with Crippen molar-refractivity contribution < 1.29 is 13.3 Å². The molecule has 112 valence electrons. The van der Waals surface area contributed by atoms with Crippen LogP contribution in [-0.4, -0.2) is 34.9 Å². The molecule has 1 N–H and O–H groups in total. The van der Waals surface area contributed by atoms with Gasteiger partial charge in [0, 0.05) is 37.5 Å². The lowest BCUT2D eigenvalue weighted by atomic mass is 10.3. The van der Waals surface area contributed by atoms with E-state index in [0.717, 1.165) is 16.4 Å². The summed E-state index contributed by atoms with van der Waals surface area (Å²) >= 11 is 5.86. The molecule has 1 aromatic heterocycles. The van der Waals surface area contributed by atoms with Crippen molar-refractivity contribution in [3.63, 3.8) is 0 Å². The minimum Gasteiger partial charge on any atom is -0.285 e. The van der Waals surface area contributed by atoms with E-state index in [4.69, 9.17) is 11.6 Å². The molecule has 0 bridgehead atoms. The highest BCUT2D eigenvalue weighted by Crippen LogP contribution is 2.28. The predicted octanol–water partition coefficient (Wildman–Crippen LogP) is 1.79. The van der Waals surface area contributed by atoms with Crippen LogP contribution in [-0.2, 0) is 16.6 Å². The highest BCUT2D eigenvalue weighted by Gasteiger charge is 2.26. The molecule has 0 atom stereocenters. The van der Waals surface area contributed by atoms with Gasteiger partial charge < -0.3 is 0 Å². The average molecular weight is 331 g/mol. The van der Waals surface area contributed by atoms with Gasteiger partial charge in [-0.1, -0.05) is 11.6 Å². The molecule has 0 spiro atoms. The van der Waals surface area contributed by atoms with E-state index >= 15 is 0 Å². The molecule has 0 unspecified atom stereocenters. The largest absolute Gasteiger partial charge is 0.285 e. The lowest BCUT2D eigenvalue weighted by molar-refractivity contribution is -0.385. The molecule has 0 amide bonds. The Morgan fingerprint density at radius 3 is 2.76 bits per heavy atom. The van der Waals surface area contributed by atoms with Crippen LogP contribution in [0.3, 0.4) is 0 Å². The highest BCUT2D eigenvalue weighted by molar-refractivity contribution is 7.89. The van der Waals surface area contributed by atoms with Gasteiger partial charge in [0.15, 0.2) is 0 Å². The number of hydrogen-bond acceptors (Lipinski definition) is 5. The zero-order valence-corrected chi connectivity index (χ0v) is 12.4. The van der Waals surface area contributed by atoms with Crippen LogP contribution in [0.5, 0.6) is 0 Å². The summed E-state index contributed by atoms with van der Waals surface area (Å²) in [5, 5.41) is 17.0. The second-order valence-electron chi connectivity index (χ2n) is 4.24. The van der Waals surface area contributed by atoms with Gasteiger partial charge in [0.1, 0.15) is 4.90 Å². The topological polar surface area (TPSA) is 109 Å². The van der Waals surface area contributed by atoms with Crippen molar-refractivity contribution in [1.29, 1.82) is 0 Å². The number of aromatic amines is 1. The van der Waals surface area contributed by atoms with Crippen molar-refractivity contribution in [1.82, 2.24) is 14.5 Å². The van der Waals surface area contributed by atoms with Gasteiger partial charge >= 0.3 is 0 Å². The van der Waals surface area contributed by atoms with E-state index < -0.39 is 14.9 Å². The Hall–Kier alpha value is -1.97. The fourth-order valence-electron chi connectivity index (χ4n) is 1.68. The molecule has 2 aromatic rings. The predicted molar refractivity (Wildman–Crippen MR) is 75.3 cm³/mol. The monoisotopic (exact) mass is 330 g/mol. The molecule has 0 fully saturated rings. The number of rotatable bonds is 5. The lowest BCUT2D eigenvalue weighted by Crippen LogP contribution is -2.26. The molecule has 0 saturated heterocycles. The van der Waals surface area contributed by atoms with Crippen LogP contribution >= 0.6 is 11.6 Å². The van der Waals surface area contributed by atoms with E-state index in [1.165, 1.54) is 19.3 Å². The van der Waals surface area contributed by atoms with Crippen LogP contribution in [0.2, 0.25) is 5.02 Å². The third kappa shape index (κ3) is 3.20. The average Bonchev–Trinajstić information content (AvgIpc) is 2.91. The van der Waals surface area contributed by atoms with Gasteiger partial charge in [-0.3, -0.25) is 15.2 Å². The number of nitro groups is 1. The first-order valence-electron chi connectivity index (χ1n) is 5.70. The minimum absolute atomic E-state index is 0.0673. The number of non-ortho nitro benzene ring substituents is 1. The van der Waals surface area contributed by atoms with Crippen molar-refractivity contribution in [2.24, 2.45) is 0 Å². The third-order valence-electron chi connectivity index (χ3n) is 2.77. The number of H-pyrrole nitrogens is 1. The molecule has 0 aliphatic heterocycles. The summed E-state index contributed by atoms with van der Waals surface area (Å²) in [6.45, 7) is 0.0673. The van der Waals surface area contributed by atoms with Gasteiger partial charge in [-0.15, -0.1) is 0 Å². The Morgan fingerprint density at radius 1 is 1.48 bits per heavy atom. The second kappa shape index (κ2) is 5.80. The number of benzene rings is 1. The molecular weight excluding hydrogens is 320 g/mol. The van der Waals surface area contributed by atoms with Crippen molar-refractivity contribution in [3.05, 3.63) is 51.3 Å². The molecule has 2 rings (SSSR count). The van der Waals surface area contributed by atoms with E-state index in [1.807, 2.05) is 0 Å². The van der Waals surface area contributed by atoms with E-state index in [-0.39, 0.29) is 22.2 Å². The van der Waals surface area contributed by atoms with Gasteiger partial charge in [-0.05, 0) is 6.07 Å². The molecule has 1 heterocycles. The van der Waals surface area contributed by atoms with Crippen molar-refractivity contribution >= 4 is 27.3 Å². The zero-order chi connectivity index (χ0) is 15.6. The SMILES string of the molecule is CN(Cc1cn[nH]c1)S(=O)(=O)c1cc([N+](=O)[O-])ccc1Cl. The first kappa shape index (κ1) is 15.4. The Balaban J connectivity index is 2.38. The maximum Gasteiger partial charge on any atom is 0.270 e. The van der Waals surface area contributed by atoms with Crippen LogP contribution in [0.15, 0.2) is 35.5 Å². The van der Waals surface area contributed by atoms with Crippen molar-refractivity contribution in [2.75, 3.05) is 7.05 Å². The van der Waals surface area contributed by atoms with Crippen LogP contribution in [0.4, 0.5) is 5.69 Å². The maximum atomic E-state index is 12.4. The number of sulfonamides is 1. The van der Waals surface area contributed by atoms with E-state index in [2.05, 4.69) is 10.2 Å². The van der Waals surface area contributed by atoms with Gasteiger partial charge in [0.2, 0.25) is 10.0 Å². The second-order valence-corrected chi connectivity index (χ2v) is 6.66. The van der Waals surface area contributed by atoms with Crippen molar-refractivity contribution in [3.8, 4) is 0 Å². The summed E-state index contributed by atoms with van der Waals surface area (Å²) in [5.41, 5.74) is 0.317. The Bertz CT molecular complexity index is 761. The van der Waals surface area contributed by atoms with E-state index in [0.29, 0.717) is 5.56 Å². The Labute approximate surface area is 125 Å². The molecule has 10 heteroatoms. The lowest BCUT2D eigenvalue weighted by Gasteiger charge is -2.17. The molecule has 0 radical (unpaired) electrons. The van der Waals surface area contributed by atoms with Gasteiger partial charge in [-0.25, -0.2) is 8.42 Å². The summed E-state index contributed by atoms with van der Waals surface area (Å²) in [4.78, 5) is 9.78. The van der Waals surface area contributed by atoms with Gasteiger partial charge in [0.25, 0.3) is 5.69 Å². The number of nitro benzene ring substituents is 1. The first-order valence-corrected chi connectivity index (χ1v) is 7.52. The van der Waals surface area contributed by atoms with E-state index in [1.54, 1.807) is 6.20 Å². The fraction of sp³-hybridized carbons (Fsp3) is 0.182. The molecule has 1 aromatic carbocycles. The van der Waals surface area contributed by atoms with Gasteiger partial charge in [-0.2, -0.15) is 9.40 Å². The molecule has 0 aliphatic carbocycles. The molecule has 0 saturated carbocycles. The van der Waals surface area contributed by atoms with Gasteiger partial charge in [0.05, 0.1) is 16.1 Å². The normalized spacial score (nSPS) is 11.8. The molecule has 8 nitrogen and oxygen atoms in total. The van der Waals surface area contributed by atoms with Crippen LogP contribution in [0, 0.1) is 10.1 Å². The third-order valence-corrected chi connectivity index (χ3v) is 5.06. The first-order chi connectivity index (χ1) is 9.82. The van der Waals surface area contributed by atoms with Crippen LogP contribution in [0.25, 0.3) is 0 Å². The van der Waals surface area contributed by atoms with E-state index in [9.17, 15) is 18.5 Å². The van der Waals surface area contributed by atoms with Crippen LogP contribution in [0.1, 0.15) is 5.56 Å². The number of nitrogens with zero attached hydrogens (tertiary/aromatic N) is 3. The summed E-state index contributed by atoms with van der Waals surface area (Å²) in [5.74, 6) is 0. The maximum absolute atomic E-state index is 12.4. The Kier molecular flexibility index (Phi) is 4.26. The summed E-state index contributed by atoms with van der Waals surface area (Å²) in [6, 6.07) is 3.29. The number of halogens is 1. The quantitative estimate of drug-likeness (QED) is 0.664. The summed E-state index contributed by atoms with van der Waals surface area (Å²) in [6.07, 6.45) is 3.04. The fourth-order valence-corrected chi connectivity index (χ4v) is 3.33. The minimum atomic E-state index is -3.95. The molecule has 21 heavy (non-hydrogen) atoms. The van der Waals surface area contributed by atoms with Crippen LogP contribution < -0.4 is 0 Å². The standard InChI is InChI=1S/C11H11ClN4O4S/c1-15(7-8-5-13-14-6-8)21(19,20)11-4-9(16(17)18)2-3-10(11)12/h2-6H,7H2,1H3,(H,13,14).